The highest BCUT2D eigenvalue weighted by atomic mass is 16.6. The summed E-state index contributed by atoms with van der Waals surface area (Å²) in [6.07, 6.45) is 0. The van der Waals surface area contributed by atoms with Gasteiger partial charge >= 0.3 is 5.97 Å². The fourth-order valence-corrected chi connectivity index (χ4v) is 1.47. The van der Waals surface area contributed by atoms with Gasteiger partial charge in [0.25, 0.3) is 0 Å². The molecule has 1 heterocycles. The maximum atomic E-state index is 11.4. The Bertz CT molecular complexity index is 458. The van der Waals surface area contributed by atoms with E-state index in [-0.39, 0.29) is 5.97 Å². The number of rotatable bonds is 1. The molecule has 3 nitrogen and oxygen atoms in total. The molecular formula is C12H11NO2. The number of esters is 1. The zero-order chi connectivity index (χ0) is 10.8. The molecular weight excluding hydrogens is 190 g/mol. The van der Waals surface area contributed by atoms with Crippen LogP contribution >= 0.6 is 0 Å². The van der Waals surface area contributed by atoms with Crippen molar-refractivity contribution in [3.63, 3.8) is 0 Å². The van der Waals surface area contributed by atoms with Crippen molar-refractivity contribution in [1.29, 1.82) is 0 Å². The molecule has 1 aromatic carbocycles. The lowest BCUT2D eigenvalue weighted by atomic mass is 10.1. The Balaban J connectivity index is 2.47. The predicted octanol–water partition coefficient (Wildman–Crippen LogP) is 2.39. The van der Waals surface area contributed by atoms with Crippen LogP contribution in [0.25, 0.3) is 5.57 Å². The summed E-state index contributed by atoms with van der Waals surface area (Å²) in [5.41, 5.74) is 2.24. The Kier molecular flexibility index (Phi) is 2.37. The summed E-state index contributed by atoms with van der Waals surface area (Å²) in [5.74, 6) is 0.0409. The molecule has 1 aliphatic heterocycles. The molecule has 0 N–H and O–H groups in total. The van der Waals surface area contributed by atoms with Crippen molar-refractivity contribution in [1.82, 2.24) is 0 Å². The minimum atomic E-state index is -0.367. The number of allylic oxidation sites excluding steroid dienone is 1. The molecule has 0 fully saturated rings. The highest BCUT2D eigenvalue weighted by Gasteiger charge is 2.22. The molecule has 2 rings (SSSR count). The molecule has 1 aromatic rings. The summed E-state index contributed by atoms with van der Waals surface area (Å²) in [6, 6.07) is 9.67. The van der Waals surface area contributed by atoms with Gasteiger partial charge in [0.05, 0.1) is 0 Å². The standard InChI is InChI=1S/C12H11NO2/c1-8(10-6-4-3-5-7-10)11-12(14)15-9(2)13-11/h3-7H,1-2H3. The van der Waals surface area contributed by atoms with Crippen LogP contribution in [0.5, 0.6) is 0 Å². The predicted molar refractivity (Wildman–Crippen MR) is 58.2 cm³/mol. The van der Waals surface area contributed by atoms with Gasteiger partial charge in [-0.25, -0.2) is 9.79 Å². The van der Waals surface area contributed by atoms with Crippen LogP contribution in [0.3, 0.4) is 0 Å². The first-order valence-electron chi connectivity index (χ1n) is 4.72. The zero-order valence-electron chi connectivity index (χ0n) is 8.65. The van der Waals surface area contributed by atoms with Crippen molar-refractivity contribution in [2.45, 2.75) is 13.8 Å². The number of carbonyl (C=O) groups excluding carboxylic acids is 1. The van der Waals surface area contributed by atoms with E-state index >= 15 is 0 Å². The van der Waals surface area contributed by atoms with E-state index < -0.39 is 0 Å². The van der Waals surface area contributed by atoms with Crippen LogP contribution in [0, 0.1) is 0 Å². The van der Waals surface area contributed by atoms with Crippen LogP contribution in [0.15, 0.2) is 41.0 Å². The van der Waals surface area contributed by atoms with E-state index in [0.717, 1.165) is 11.1 Å². The summed E-state index contributed by atoms with van der Waals surface area (Å²) in [5, 5.41) is 0. The molecule has 0 saturated heterocycles. The van der Waals surface area contributed by atoms with E-state index in [4.69, 9.17) is 4.74 Å². The fraction of sp³-hybridized carbons (Fsp3) is 0.167. The summed E-state index contributed by atoms with van der Waals surface area (Å²) in [4.78, 5) is 15.5. The van der Waals surface area contributed by atoms with Crippen LogP contribution in [-0.4, -0.2) is 11.9 Å². The highest BCUT2D eigenvalue weighted by Crippen LogP contribution is 2.23. The Labute approximate surface area is 88.1 Å². The van der Waals surface area contributed by atoms with Crippen molar-refractivity contribution in [3.8, 4) is 0 Å². The van der Waals surface area contributed by atoms with Crippen LogP contribution in [-0.2, 0) is 9.53 Å². The van der Waals surface area contributed by atoms with Gasteiger partial charge in [-0.05, 0) is 18.1 Å². The first kappa shape index (κ1) is 9.65. The third kappa shape index (κ3) is 1.81. The van der Waals surface area contributed by atoms with Crippen molar-refractivity contribution in [3.05, 3.63) is 41.6 Å². The largest absolute Gasteiger partial charge is 0.407 e. The van der Waals surface area contributed by atoms with Crippen LogP contribution < -0.4 is 0 Å². The topological polar surface area (TPSA) is 38.7 Å². The SMILES string of the molecule is CC1=NC(=C(C)c2ccccc2)C(=O)O1. The van der Waals surface area contributed by atoms with Crippen LogP contribution in [0.2, 0.25) is 0 Å². The van der Waals surface area contributed by atoms with Gasteiger partial charge in [-0.15, -0.1) is 0 Å². The Morgan fingerprint density at radius 1 is 1.27 bits per heavy atom. The number of aliphatic imine (C=N–C) groups is 1. The molecule has 0 aliphatic carbocycles. The van der Waals surface area contributed by atoms with E-state index in [0.29, 0.717) is 11.6 Å². The Morgan fingerprint density at radius 3 is 2.47 bits per heavy atom. The first-order valence-corrected chi connectivity index (χ1v) is 4.72. The molecule has 0 spiro atoms. The highest BCUT2D eigenvalue weighted by molar-refractivity contribution is 6.08. The van der Waals surface area contributed by atoms with Gasteiger partial charge in [-0.1, -0.05) is 30.3 Å². The van der Waals surface area contributed by atoms with Gasteiger partial charge in [0.2, 0.25) is 0 Å². The third-order valence-electron chi connectivity index (χ3n) is 2.27. The Hall–Kier alpha value is -1.90. The molecule has 0 bridgehead atoms. The number of hydrogen-bond acceptors (Lipinski definition) is 3. The minimum absolute atomic E-state index is 0.367. The average Bonchev–Trinajstić information content (AvgIpc) is 2.58. The van der Waals surface area contributed by atoms with Crippen molar-refractivity contribution in [2.75, 3.05) is 0 Å². The fourth-order valence-electron chi connectivity index (χ4n) is 1.47. The lowest BCUT2D eigenvalue weighted by Gasteiger charge is -2.01. The number of hydrogen-bond donors (Lipinski definition) is 0. The summed E-state index contributed by atoms with van der Waals surface area (Å²) in [6.45, 7) is 3.54. The smallest absolute Gasteiger partial charge is 0.363 e. The van der Waals surface area contributed by atoms with Gasteiger partial charge in [0.15, 0.2) is 11.6 Å². The maximum absolute atomic E-state index is 11.4. The van der Waals surface area contributed by atoms with Crippen LogP contribution in [0.4, 0.5) is 0 Å². The summed E-state index contributed by atoms with van der Waals surface area (Å²) >= 11 is 0. The minimum Gasteiger partial charge on any atom is -0.407 e. The van der Waals surface area contributed by atoms with E-state index in [1.165, 1.54) is 0 Å². The summed E-state index contributed by atoms with van der Waals surface area (Å²) < 4.78 is 4.87. The van der Waals surface area contributed by atoms with Gasteiger partial charge < -0.3 is 4.74 Å². The van der Waals surface area contributed by atoms with E-state index in [9.17, 15) is 4.79 Å². The lowest BCUT2D eigenvalue weighted by Crippen LogP contribution is -2.01. The quantitative estimate of drug-likeness (QED) is 0.517. The van der Waals surface area contributed by atoms with Crippen LogP contribution in [0.1, 0.15) is 19.4 Å². The number of cyclic esters (lactones) is 1. The molecule has 0 saturated carbocycles. The number of benzene rings is 1. The maximum Gasteiger partial charge on any atom is 0.363 e. The van der Waals surface area contributed by atoms with Gasteiger partial charge in [-0.2, -0.15) is 0 Å². The van der Waals surface area contributed by atoms with Gasteiger partial charge in [-0.3, -0.25) is 0 Å². The molecule has 76 valence electrons. The number of ether oxygens (including phenoxy) is 1. The monoisotopic (exact) mass is 201 g/mol. The lowest BCUT2D eigenvalue weighted by molar-refractivity contribution is -0.130. The van der Waals surface area contributed by atoms with E-state index in [1.807, 2.05) is 37.3 Å². The second-order valence-electron chi connectivity index (χ2n) is 3.36. The van der Waals surface area contributed by atoms with Crippen molar-refractivity contribution >= 4 is 17.4 Å². The molecule has 0 amide bonds. The molecule has 0 aromatic heterocycles. The van der Waals surface area contributed by atoms with Gasteiger partial charge in [0, 0.05) is 6.92 Å². The second kappa shape index (κ2) is 3.69. The molecule has 0 atom stereocenters. The van der Waals surface area contributed by atoms with Gasteiger partial charge in [0.1, 0.15) is 0 Å². The number of carbonyl (C=O) groups is 1. The van der Waals surface area contributed by atoms with Crippen molar-refractivity contribution in [2.24, 2.45) is 4.99 Å². The second-order valence-corrected chi connectivity index (χ2v) is 3.36. The molecule has 15 heavy (non-hydrogen) atoms. The molecule has 3 heteroatoms. The average molecular weight is 201 g/mol. The van der Waals surface area contributed by atoms with Crippen molar-refractivity contribution < 1.29 is 9.53 Å². The normalized spacial score (nSPS) is 18.5. The Morgan fingerprint density at radius 2 is 1.93 bits per heavy atom. The third-order valence-corrected chi connectivity index (χ3v) is 2.27. The molecule has 0 radical (unpaired) electrons. The molecule has 1 aliphatic rings. The van der Waals surface area contributed by atoms with E-state index in [2.05, 4.69) is 4.99 Å². The van der Waals surface area contributed by atoms with E-state index in [1.54, 1.807) is 6.92 Å². The summed E-state index contributed by atoms with van der Waals surface area (Å²) in [7, 11) is 0. The molecule has 0 unspecified atom stereocenters. The first-order chi connectivity index (χ1) is 7.18. The zero-order valence-corrected chi connectivity index (χ0v) is 8.65. The number of nitrogens with zero attached hydrogens (tertiary/aromatic N) is 1.